The van der Waals surface area contributed by atoms with Crippen LogP contribution < -0.4 is 15.8 Å². The number of aryl methyl sites for hydroxylation is 4. The molecule has 184 valence electrons. The summed E-state index contributed by atoms with van der Waals surface area (Å²) < 4.78 is 5.38. The van der Waals surface area contributed by atoms with Crippen molar-refractivity contribution in [1.82, 2.24) is 10.3 Å². The number of allylic oxidation sites excluding steroid dienone is 4. The molecular weight excluding hydrogens is 432 g/mol. The van der Waals surface area contributed by atoms with Gasteiger partial charge in [-0.2, -0.15) is 0 Å². The molecule has 4 N–H and O–H groups in total. The molecule has 35 heavy (non-hydrogen) atoms. The van der Waals surface area contributed by atoms with Crippen LogP contribution in [0.2, 0.25) is 0 Å². The molecular formula is C30H38N4O. The van der Waals surface area contributed by atoms with E-state index in [0.717, 1.165) is 52.4 Å². The minimum Gasteiger partial charge on any atom is -0.496 e. The number of aromatic amines is 1. The Kier molecular flexibility index (Phi) is 8.23. The Balaban J connectivity index is 1.80. The zero-order chi connectivity index (χ0) is 25.7. The van der Waals surface area contributed by atoms with Crippen LogP contribution in [0.25, 0.3) is 16.5 Å². The van der Waals surface area contributed by atoms with Gasteiger partial charge in [-0.05, 0) is 105 Å². The van der Waals surface area contributed by atoms with Gasteiger partial charge in [0, 0.05) is 23.1 Å². The highest BCUT2D eigenvalue weighted by Crippen LogP contribution is 2.29. The number of nitrogens with two attached hydrogens (primary N) is 1. The van der Waals surface area contributed by atoms with E-state index < -0.39 is 0 Å². The van der Waals surface area contributed by atoms with Crippen LogP contribution in [0.3, 0.4) is 0 Å². The highest BCUT2D eigenvalue weighted by molar-refractivity contribution is 5.90. The fourth-order valence-corrected chi connectivity index (χ4v) is 4.51. The third-order valence-corrected chi connectivity index (χ3v) is 6.64. The predicted octanol–water partition coefficient (Wildman–Crippen LogP) is 6.42. The minimum atomic E-state index is 0.734. The van der Waals surface area contributed by atoms with Crippen LogP contribution in [0, 0.1) is 27.7 Å². The first-order valence-electron chi connectivity index (χ1n) is 12.0. The van der Waals surface area contributed by atoms with Crippen LogP contribution in [0.1, 0.15) is 47.4 Å². The first-order chi connectivity index (χ1) is 16.7. The predicted molar refractivity (Wildman–Crippen MR) is 150 cm³/mol. The first-order valence-corrected chi connectivity index (χ1v) is 12.0. The smallest absolute Gasteiger partial charge is 0.131 e. The van der Waals surface area contributed by atoms with Gasteiger partial charge in [0.05, 0.1) is 13.4 Å². The molecule has 1 aromatic heterocycles. The fraction of sp³-hybridized carbons (Fsp3) is 0.300. The van der Waals surface area contributed by atoms with Crippen molar-refractivity contribution in [3.05, 3.63) is 93.5 Å². The molecule has 0 bridgehead atoms. The van der Waals surface area contributed by atoms with Gasteiger partial charge in [-0.3, -0.25) is 0 Å². The standard InChI is InChI=1S/C30H38N4O/c1-18-9-10-19(2)29-28(18)26(24(7)34-29)13-14-32-30(33-17-31)23(6)20(3)15-21(4)25-11-12-27(35-8)22(5)16-25/h9-12,15-17,32,34H,3,13-14H2,1-2,4-8H3,(H2,31,33)/b21-15+,30-23-. The van der Waals surface area contributed by atoms with E-state index in [-0.39, 0.29) is 0 Å². The normalized spacial score (nSPS) is 12.8. The van der Waals surface area contributed by atoms with Crippen molar-refractivity contribution in [2.24, 2.45) is 10.7 Å². The lowest BCUT2D eigenvalue weighted by Crippen LogP contribution is -2.18. The van der Waals surface area contributed by atoms with Crippen LogP contribution in [0.4, 0.5) is 0 Å². The molecule has 0 radical (unpaired) electrons. The van der Waals surface area contributed by atoms with E-state index in [1.807, 2.05) is 19.9 Å². The number of aromatic nitrogens is 1. The maximum atomic E-state index is 5.68. The summed E-state index contributed by atoms with van der Waals surface area (Å²) in [6.07, 6.45) is 4.28. The van der Waals surface area contributed by atoms with Crippen LogP contribution in [0.5, 0.6) is 5.75 Å². The number of aliphatic imine (C=N–C) groups is 1. The largest absolute Gasteiger partial charge is 0.496 e. The Labute approximate surface area is 209 Å². The second kappa shape index (κ2) is 11.1. The number of nitrogens with one attached hydrogen (secondary N) is 2. The van der Waals surface area contributed by atoms with Gasteiger partial charge in [0.15, 0.2) is 0 Å². The van der Waals surface area contributed by atoms with Crippen LogP contribution in [0.15, 0.2) is 64.9 Å². The molecule has 0 unspecified atom stereocenters. The molecule has 0 spiro atoms. The summed E-state index contributed by atoms with van der Waals surface area (Å²) in [5.41, 5.74) is 17.2. The average Bonchev–Trinajstić information content (AvgIpc) is 3.17. The molecule has 0 fully saturated rings. The van der Waals surface area contributed by atoms with Gasteiger partial charge in [-0.25, -0.2) is 4.99 Å². The molecule has 0 aliphatic heterocycles. The number of fused-ring (bicyclic) bond motifs is 1. The van der Waals surface area contributed by atoms with Crippen molar-refractivity contribution >= 4 is 22.8 Å². The fourth-order valence-electron chi connectivity index (χ4n) is 4.51. The lowest BCUT2D eigenvalue weighted by atomic mass is 9.99. The Morgan fingerprint density at radius 1 is 1.09 bits per heavy atom. The number of methoxy groups -OCH3 is 1. The zero-order valence-electron chi connectivity index (χ0n) is 22.1. The maximum Gasteiger partial charge on any atom is 0.131 e. The average molecular weight is 471 g/mol. The Morgan fingerprint density at radius 3 is 2.46 bits per heavy atom. The molecule has 5 heteroatoms. The van der Waals surface area contributed by atoms with E-state index in [9.17, 15) is 0 Å². The van der Waals surface area contributed by atoms with Gasteiger partial charge in [0.25, 0.3) is 0 Å². The number of ether oxygens (including phenoxy) is 1. The number of hydrogen-bond acceptors (Lipinski definition) is 3. The summed E-state index contributed by atoms with van der Waals surface area (Å²) in [6, 6.07) is 10.5. The summed E-state index contributed by atoms with van der Waals surface area (Å²) in [6.45, 7) is 17.6. The van der Waals surface area contributed by atoms with Crippen LogP contribution in [-0.4, -0.2) is 25.0 Å². The van der Waals surface area contributed by atoms with Gasteiger partial charge in [-0.1, -0.05) is 30.9 Å². The summed E-state index contributed by atoms with van der Waals surface area (Å²) in [5, 5.41) is 4.81. The van der Waals surface area contributed by atoms with E-state index in [0.29, 0.717) is 0 Å². The third-order valence-electron chi connectivity index (χ3n) is 6.64. The summed E-state index contributed by atoms with van der Waals surface area (Å²) in [7, 11) is 1.69. The third kappa shape index (κ3) is 5.68. The molecule has 5 nitrogen and oxygen atoms in total. The number of hydrogen-bond donors (Lipinski definition) is 3. The number of H-pyrrole nitrogens is 1. The Morgan fingerprint density at radius 2 is 1.80 bits per heavy atom. The second-order valence-corrected chi connectivity index (χ2v) is 9.14. The number of rotatable bonds is 9. The topological polar surface area (TPSA) is 75.4 Å². The lowest BCUT2D eigenvalue weighted by molar-refractivity contribution is 0.411. The van der Waals surface area contributed by atoms with Crippen LogP contribution in [-0.2, 0) is 6.42 Å². The van der Waals surface area contributed by atoms with E-state index in [1.54, 1.807) is 7.11 Å². The molecule has 0 saturated carbocycles. The number of nitrogens with zero attached hydrogens (tertiary/aromatic N) is 1. The van der Waals surface area contributed by atoms with Gasteiger partial charge in [0.1, 0.15) is 11.6 Å². The van der Waals surface area contributed by atoms with Crippen molar-refractivity contribution in [3.8, 4) is 5.75 Å². The van der Waals surface area contributed by atoms with E-state index in [2.05, 4.69) is 79.9 Å². The Hall–Kier alpha value is -3.73. The Bertz CT molecular complexity index is 1340. The summed E-state index contributed by atoms with van der Waals surface area (Å²) >= 11 is 0. The summed E-state index contributed by atoms with van der Waals surface area (Å²) in [5.74, 6) is 1.62. The number of benzene rings is 2. The lowest BCUT2D eigenvalue weighted by Gasteiger charge is -2.13. The second-order valence-electron chi connectivity index (χ2n) is 9.14. The van der Waals surface area contributed by atoms with Crippen molar-refractivity contribution < 1.29 is 4.74 Å². The molecule has 0 saturated heterocycles. The zero-order valence-corrected chi connectivity index (χ0v) is 22.1. The monoisotopic (exact) mass is 470 g/mol. The molecule has 0 aliphatic carbocycles. The van der Waals surface area contributed by atoms with Crippen molar-refractivity contribution in [1.29, 1.82) is 0 Å². The summed E-state index contributed by atoms with van der Waals surface area (Å²) in [4.78, 5) is 7.97. The molecule has 3 rings (SSSR count). The van der Waals surface area contributed by atoms with Crippen molar-refractivity contribution in [3.63, 3.8) is 0 Å². The van der Waals surface area contributed by atoms with Crippen molar-refractivity contribution in [2.45, 2.75) is 48.0 Å². The highest BCUT2D eigenvalue weighted by atomic mass is 16.5. The van der Waals surface area contributed by atoms with Gasteiger partial charge < -0.3 is 20.8 Å². The molecule has 0 amide bonds. The molecule has 0 aliphatic rings. The van der Waals surface area contributed by atoms with Gasteiger partial charge >= 0.3 is 0 Å². The quantitative estimate of drug-likeness (QED) is 0.192. The highest BCUT2D eigenvalue weighted by Gasteiger charge is 2.13. The first kappa shape index (κ1) is 25.9. The van der Waals surface area contributed by atoms with Crippen LogP contribution >= 0.6 is 0 Å². The molecule has 2 aromatic carbocycles. The maximum absolute atomic E-state index is 5.68. The van der Waals surface area contributed by atoms with E-state index >= 15 is 0 Å². The van der Waals surface area contributed by atoms with E-state index in [4.69, 9.17) is 10.5 Å². The minimum absolute atomic E-state index is 0.734. The molecule has 0 atom stereocenters. The SMILES string of the molecule is C=C(/C=C(\C)c1ccc(OC)c(C)c1)/C(C)=C(\N=C/N)NCCc1c(C)[nH]c2c(C)ccc(C)c12. The van der Waals surface area contributed by atoms with Crippen molar-refractivity contribution in [2.75, 3.05) is 13.7 Å². The molecule has 3 aromatic rings. The van der Waals surface area contributed by atoms with Gasteiger partial charge in [-0.15, -0.1) is 0 Å². The molecule has 1 heterocycles. The van der Waals surface area contributed by atoms with E-state index in [1.165, 1.54) is 39.6 Å². The van der Waals surface area contributed by atoms with Gasteiger partial charge in [0.2, 0.25) is 0 Å².